The number of rotatable bonds is 8. The molecule has 0 saturated heterocycles. The number of hydrogen-bond donors (Lipinski definition) is 0. The molecule has 0 aromatic heterocycles. The van der Waals surface area contributed by atoms with Crippen LogP contribution in [0.1, 0.15) is 12.8 Å². The molecule has 0 bridgehead atoms. The molecule has 0 aliphatic rings. The number of esters is 1. The molecule has 0 heterocycles. The minimum Gasteiger partial charge on any atom is -0.393 e. The molecule has 0 aromatic rings. The van der Waals surface area contributed by atoms with E-state index in [-0.39, 0.29) is 6.08 Å². The van der Waals surface area contributed by atoms with Crippen LogP contribution in [0.4, 0.5) is 52.7 Å². The van der Waals surface area contributed by atoms with E-state index in [1.165, 1.54) is 0 Å². The van der Waals surface area contributed by atoms with Crippen LogP contribution >= 0.6 is 0 Å². The maximum absolute atomic E-state index is 13.2. The lowest BCUT2D eigenvalue weighted by Crippen LogP contribution is -2.65. The van der Waals surface area contributed by atoms with E-state index in [0.29, 0.717) is 0 Å². The van der Waals surface area contributed by atoms with Gasteiger partial charge >= 0.3 is 36.0 Å². The maximum atomic E-state index is 13.2. The molecule has 0 amide bonds. The second kappa shape index (κ2) is 6.94. The van der Waals surface area contributed by atoms with E-state index in [1.807, 2.05) is 0 Å². The average molecular weight is 400 g/mol. The standard InChI is InChI=1S/C11H8F12O2/c1-2-6(24)25-11(22,23)10(20,21)9(18,19)8(16,17)5(12)3-4-7(13,14)15/h2,5H,1,3-4H2. The summed E-state index contributed by atoms with van der Waals surface area (Å²) in [5.74, 6) is -23.4. The van der Waals surface area contributed by atoms with Gasteiger partial charge in [0.05, 0.1) is 0 Å². The number of ether oxygens (including phenoxy) is 1. The number of carbonyl (C=O) groups excluding carboxylic acids is 1. The van der Waals surface area contributed by atoms with Gasteiger partial charge in [0.2, 0.25) is 0 Å². The molecule has 0 saturated carbocycles. The molecule has 0 aliphatic carbocycles. The lowest BCUT2D eigenvalue weighted by Gasteiger charge is -2.36. The molecule has 14 heteroatoms. The Morgan fingerprint density at radius 2 is 1.36 bits per heavy atom. The van der Waals surface area contributed by atoms with Crippen molar-refractivity contribution in [2.75, 3.05) is 0 Å². The third-order valence-electron chi connectivity index (χ3n) is 2.65. The molecule has 2 nitrogen and oxygen atoms in total. The molecule has 0 N–H and O–H groups in total. The average Bonchev–Trinajstić information content (AvgIpc) is 2.42. The predicted molar refractivity (Wildman–Crippen MR) is 56.3 cm³/mol. The van der Waals surface area contributed by atoms with Gasteiger partial charge in [-0.3, -0.25) is 0 Å². The minimum absolute atomic E-state index is 0.193. The fourth-order valence-electron chi connectivity index (χ4n) is 1.29. The number of carbonyl (C=O) groups is 1. The molecule has 0 spiro atoms. The van der Waals surface area contributed by atoms with E-state index < -0.39 is 55.0 Å². The Morgan fingerprint density at radius 3 is 1.72 bits per heavy atom. The highest BCUT2D eigenvalue weighted by Crippen LogP contribution is 2.55. The van der Waals surface area contributed by atoms with E-state index >= 15 is 0 Å². The van der Waals surface area contributed by atoms with Crippen LogP contribution < -0.4 is 0 Å². The quantitative estimate of drug-likeness (QED) is 0.329. The van der Waals surface area contributed by atoms with E-state index in [0.717, 1.165) is 0 Å². The van der Waals surface area contributed by atoms with Crippen molar-refractivity contribution in [1.82, 2.24) is 0 Å². The van der Waals surface area contributed by atoms with E-state index in [4.69, 9.17) is 0 Å². The Bertz CT molecular complexity index is 496. The van der Waals surface area contributed by atoms with Crippen molar-refractivity contribution in [3.8, 4) is 0 Å². The van der Waals surface area contributed by atoms with Crippen molar-refractivity contribution in [2.45, 2.75) is 49.1 Å². The molecule has 148 valence electrons. The van der Waals surface area contributed by atoms with E-state index in [1.54, 1.807) is 0 Å². The third kappa shape index (κ3) is 4.71. The Kier molecular flexibility index (Phi) is 6.49. The first-order valence-electron chi connectivity index (χ1n) is 5.91. The van der Waals surface area contributed by atoms with Gasteiger partial charge in [0.25, 0.3) is 0 Å². The molecule has 0 fully saturated rings. The van der Waals surface area contributed by atoms with Crippen molar-refractivity contribution in [1.29, 1.82) is 0 Å². The lowest BCUT2D eigenvalue weighted by molar-refractivity contribution is -0.421. The summed E-state index contributed by atoms with van der Waals surface area (Å²) in [6, 6.07) is 0. The molecule has 0 rings (SSSR count). The van der Waals surface area contributed by atoms with Crippen LogP contribution in [0, 0.1) is 0 Å². The fourth-order valence-corrected chi connectivity index (χ4v) is 1.29. The van der Waals surface area contributed by atoms with Gasteiger partial charge in [0.1, 0.15) is 0 Å². The molecule has 1 unspecified atom stereocenters. The van der Waals surface area contributed by atoms with Crippen LogP contribution in [0.3, 0.4) is 0 Å². The van der Waals surface area contributed by atoms with Crippen molar-refractivity contribution in [3.63, 3.8) is 0 Å². The highest BCUT2D eigenvalue weighted by Gasteiger charge is 2.84. The Morgan fingerprint density at radius 1 is 0.920 bits per heavy atom. The smallest absolute Gasteiger partial charge is 0.393 e. The lowest BCUT2D eigenvalue weighted by atomic mass is 9.96. The van der Waals surface area contributed by atoms with Crippen LogP contribution in [0.5, 0.6) is 0 Å². The Labute approximate surface area is 131 Å². The molecule has 0 aliphatic heterocycles. The van der Waals surface area contributed by atoms with Crippen molar-refractivity contribution < 1.29 is 62.2 Å². The largest absolute Gasteiger partial charge is 0.473 e. The highest BCUT2D eigenvalue weighted by atomic mass is 19.4. The fraction of sp³-hybridized carbons (Fsp3) is 0.727. The number of halogens is 12. The predicted octanol–water partition coefficient (Wildman–Crippen LogP) is 4.89. The molecule has 0 radical (unpaired) electrons. The first kappa shape index (κ1) is 23.4. The van der Waals surface area contributed by atoms with E-state index in [2.05, 4.69) is 11.3 Å². The summed E-state index contributed by atoms with van der Waals surface area (Å²) in [7, 11) is 0. The number of alkyl halides is 12. The minimum atomic E-state index is -7.21. The maximum Gasteiger partial charge on any atom is 0.473 e. The van der Waals surface area contributed by atoms with Crippen molar-refractivity contribution in [2.24, 2.45) is 0 Å². The third-order valence-corrected chi connectivity index (χ3v) is 2.65. The van der Waals surface area contributed by atoms with Crippen molar-refractivity contribution in [3.05, 3.63) is 12.7 Å². The zero-order valence-corrected chi connectivity index (χ0v) is 11.6. The highest BCUT2D eigenvalue weighted by molar-refractivity contribution is 5.81. The molecule has 25 heavy (non-hydrogen) atoms. The molecule has 1 atom stereocenters. The van der Waals surface area contributed by atoms with Crippen LogP contribution in [-0.2, 0) is 9.53 Å². The summed E-state index contributed by atoms with van der Waals surface area (Å²) in [6.07, 6.45) is -21.4. The second-order valence-corrected chi connectivity index (χ2v) is 4.54. The molecular formula is C11H8F12O2. The summed E-state index contributed by atoms with van der Waals surface area (Å²) in [5, 5.41) is 0. The zero-order valence-electron chi connectivity index (χ0n) is 11.6. The summed E-state index contributed by atoms with van der Waals surface area (Å²) in [6.45, 7) is 2.46. The van der Waals surface area contributed by atoms with Gasteiger partial charge in [-0.2, -0.15) is 48.3 Å². The monoisotopic (exact) mass is 400 g/mol. The summed E-state index contributed by atoms with van der Waals surface area (Å²) < 4.78 is 156. The van der Waals surface area contributed by atoms with Gasteiger partial charge in [-0.15, -0.1) is 0 Å². The normalized spacial score (nSPS) is 15.7. The Balaban J connectivity index is 5.66. The first-order chi connectivity index (χ1) is 10.8. The van der Waals surface area contributed by atoms with Crippen LogP contribution in [0.15, 0.2) is 12.7 Å². The Hall–Kier alpha value is -1.63. The van der Waals surface area contributed by atoms with Gasteiger partial charge < -0.3 is 4.74 Å². The molecular weight excluding hydrogens is 392 g/mol. The first-order valence-corrected chi connectivity index (χ1v) is 5.91. The van der Waals surface area contributed by atoms with Gasteiger partial charge in [0, 0.05) is 12.5 Å². The summed E-state index contributed by atoms with van der Waals surface area (Å²) >= 11 is 0. The van der Waals surface area contributed by atoms with Gasteiger partial charge in [-0.25, -0.2) is 9.18 Å². The van der Waals surface area contributed by atoms with Crippen molar-refractivity contribution >= 4 is 5.97 Å². The van der Waals surface area contributed by atoms with Gasteiger partial charge in [0.15, 0.2) is 6.17 Å². The summed E-state index contributed by atoms with van der Waals surface area (Å²) in [5.41, 5.74) is 0. The number of hydrogen-bond acceptors (Lipinski definition) is 2. The zero-order chi connectivity index (χ0) is 20.5. The van der Waals surface area contributed by atoms with Gasteiger partial charge in [-0.1, -0.05) is 6.58 Å². The topological polar surface area (TPSA) is 26.3 Å². The van der Waals surface area contributed by atoms with Crippen LogP contribution in [0.25, 0.3) is 0 Å². The van der Waals surface area contributed by atoms with E-state index in [9.17, 15) is 57.5 Å². The van der Waals surface area contributed by atoms with Crippen LogP contribution in [0.2, 0.25) is 0 Å². The van der Waals surface area contributed by atoms with Crippen LogP contribution in [-0.4, -0.2) is 42.2 Å². The van der Waals surface area contributed by atoms with Gasteiger partial charge in [-0.05, 0) is 6.42 Å². The SMILES string of the molecule is C=CC(=O)OC(F)(F)C(F)(F)C(F)(F)C(F)(F)C(F)CCC(F)(F)F. The second-order valence-electron chi connectivity index (χ2n) is 4.54. The summed E-state index contributed by atoms with van der Waals surface area (Å²) in [4.78, 5) is 10.4. The molecule has 0 aromatic carbocycles.